The van der Waals surface area contributed by atoms with E-state index in [9.17, 15) is 31.5 Å². The summed E-state index contributed by atoms with van der Waals surface area (Å²) < 4.78 is 64.9. The van der Waals surface area contributed by atoms with Crippen molar-refractivity contribution >= 4 is 23.2 Å². The Morgan fingerprint density at radius 3 is 2.04 bits per heavy atom. The molecular weight excluding hydrogens is 335 g/mol. The van der Waals surface area contributed by atoms with E-state index in [0.717, 1.165) is 18.2 Å². The average molecular weight is 344 g/mol. The third kappa shape index (κ3) is 4.06. The van der Waals surface area contributed by atoms with Crippen LogP contribution in [0.3, 0.4) is 0 Å². The molecule has 0 heterocycles. The van der Waals surface area contributed by atoms with Gasteiger partial charge in [0.15, 0.2) is 29.1 Å². The Morgan fingerprint density at radius 2 is 1.38 bits per heavy atom. The van der Waals surface area contributed by atoms with E-state index in [1.807, 2.05) is 5.32 Å². The topological polar surface area (TPSA) is 58.2 Å². The van der Waals surface area contributed by atoms with E-state index in [2.05, 4.69) is 5.32 Å². The maximum atomic E-state index is 13.4. The van der Waals surface area contributed by atoms with Crippen LogP contribution in [0.2, 0.25) is 0 Å². The second-order valence-corrected chi connectivity index (χ2v) is 4.62. The van der Waals surface area contributed by atoms with Crippen molar-refractivity contribution in [2.24, 2.45) is 0 Å². The molecule has 4 nitrogen and oxygen atoms in total. The van der Waals surface area contributed by atoms with Crippen LogP contribution in [0.4, 0.5) is 33.3 Å². The van der Waals surface area contributed by atoms with Crippen molar-refractivity contribution in [2.75, 3.05) is 10.6 Å². The van der Waals surface area contributed by atoms with Crippen molar-refractivity contribution in [3.05, 3.63) is 59.4 Å². The van der Waals surface area contributed by atoms with Gasteiger partial charge < -0.3 is 10.6 Å². The smallest absolute Gasteiger partial charge is 0.233 e. The lowest BCUT2D eigenvalue weighted by Crippen LogP contribution is -2.22. The molecule has 24 heavy (non-hydrogen) atoms. The Morgan fingerprint density at radius 1 is 0.750 bits per heavy atom. The van der Waals surface area contributed by atoms with Crippen LogP contribution in [0.25, 0.3) is 0 Å². The number of nitrogens with one attached hydrogen (secondary N) is 2. The van der Waals surface area contributed by atoms with Gasteiger partial charge in [-0.05, 0) is 24.3 Å². The summed E-state index contributed by atoms with van der Waals surface area (Å²) in [5.74, 6) is -9.02. The van der Waals surface area contributed by atoms with Crippen LogP contribution in [0, 0.1) is 29.1 Å². The molecule has 0 unspecified atom stereocenters. The number of carbonyl (C=O) groups excluding carboxylic acids is 2. The maximum absolute atomic E-state index is 13.4. The van der Waals surface area contributed by atoms with Crippen molar-refractivity contribution in [3.63, 3.8) is 0 Å². The lowest BCUT2D eigenvalue weighted by atomic mass is 10.2. The van der Waals surface area contributed by atoms with Gasteiger partial charge in [-0.1, -0.05) is 0 Å². The van der Waals surface area contributed by atoms with E-state index in [4.69, 9.17) is 0 Å². The first-order chi connectivity index (χ1) is 11.3. The molecule has 0 atom stereocenters. The number of carbonyl (C=O) groups is 2. The minimum Gasteiger partial charge on any atom is -0.326 e. The molecule has 2 aromatic carbocycles. The summed E-state index contributed by atoms with van der Waals surface area (Å²) in [6.07, 6.45) is -0.808. The molecule has 0 spiro atoms. The molecule has 0 aromatic heterocycles. The number of benzene rings is 2. The van der Waals surface area contributed by atoms with Gasteiger partial charge in [0.05, 0.1) is 5.69 Å². The van der Waals surface area contributed by atoms with E-state index in [1.165, 1.54) is 0 Å². The first-order valence-corrected chi connectivity index (χ1v) is 6.46. The number of rotatable bonds is 4. The van der Waals surface area contributed by atoms with Gasteiger partial charge in [0.2, 0.25) is 11.8 Å². The summed E-state index contributed by atoms with van der Waals surface area (Å²) in [6, 6.07) is 3.96. The van der Waals surface area contributed by atoms with Crippen LogP contribution in [-0.2, 0) is 9.59 Å². The summed E-state index contributed by atoms with van der Waals surface area (Å²) in [4.78, 5) is 23.2. The van der Waals surface area contributed by atoms with E-state index < -0.39 is 53.0 Å². The predicted molar refractivity (Wildman–Crippen MR) is 74.6 cm³/mol. The number of halogens is 5. The lowest BCUT2D eigenvalue weighted by molar-refractivity contribution is -0.123. The molecule has 0 bridgehead atoms. The van der Waals surface area contributed by atoms with Crippen LogP contribution in [0.5, 0.6) is 0 Å². The summed E-state index contributed by atoms with van der Waals surface area (Å²) in [7, 11) is 0. The molecule has 0 aliphatic heterocycles. The second-order valence-electron chi connectivity index (χ2n) is 4.62. The zero-order valence-electron chi connectivity index (χ0n) is 11.8. The van der Waals surface area contributed by atoms with Crippen molar-refractivity contribution in [2.45, 2.75) is 6.42 Å². The third-order valence-electron chi connectivity index (χ3n) is 2.83. The van der Waals surface area contributed by atoms with E-state index >= 15 is 0 Å². The van der Waals surface area contributed by atoms with Crippen LogP contribution < -0.4 is 10.6 Å². The fraction of sp³-hybridized carbons (Fsp3) is 0.0667. The quantitative estimate of drug-likeness (QED) is 0.508. The fourth-order valence-corrected chi connectivity index (χ4v) is 1.74. The zero-order chi connectivity index (χ0) is 17.9. The van der Waals surface area contributed by atoms with Gasteiger partial charge >= 0.3 is 0 Å². The molecule has 9 heteroatoms. The first kappa shape index (κ1) is 17.4. The number of anilines is 2. The second kappa shape index (κ2) is 7.07. The summed E-state index contributed by atoms with van der Waals surface area (Å²) >= 11 is 0. The summed E-state index contributed by atoms with van der Waals surface area (Å²) in [5.41, 5.74) is -0.731. The lowest BCUT2D eigenvalue weighted by Gasteiger charge is -2.08. The number of amides is 2. The van der Waals surface area contributed by atoms with Crippen LogP contribution >= 0.6 is 0 Å². The summed E-state index contributed by atoms with van der Waals surface area (Å²) in [6.45, 7) is 0. The maximum Gasteiger partial charge on any atom is 0.233 e. The molecular formula is C15H9F5N2O2. The van der Waals surface area contributed by atoms with Gasteiger partial charge in [0.25, 0.3) is 0 Å². The Balaban J connectivity index is 1.98. The number of hydrogen-bond donors (Lipinski definition) is 2. The van der Waals surface area contributed by atoms with Gasteiger partial charge in [-0.3, -0.25) is 9.59 Å². The SMILES string of the molecule is O=C(CC(=O)Nc1ccc(F)c(F)c1F)Nc1ccc(F)c(F)c1. The molecule has 0 fully saturated rings. The Hall–Kier alpha value is -2.97. The Kier molecular flexibility index (Phi) is 5.12. The standard InChI is InChI=1S/C15H9F5N2O2/c16-8-2-1-7(5-10(8)18)21-12(23)6-13(24)22-11-4-3-9(17)14(19)15(11)20/h1-5H,6H2,(H,21,23)(H,22,24). The average Bonchev–Trinajstić information content (AvgIpc) is 2.51. The van der Waals surface area contributed by atoms with Gasteiger partial charge in [0.1, 0.15) is 6.42 Å². The first-order valence-electron chi connectivity index (χ1n) is 6.46. The van der Waals surface area contributed by atoms with E-state index in [1.54, 1.807) is 0 Å². The van der Waals surface area contributed by atoms with Crippen molar-refractivity contribution in [3.8, 4) is 0 Å². The van der Waals surface area contributed by atoms with Crippen LogP contribution in [0.15, 0.2) is 30.3 Å². The normalized spacial score (nSPS) is 10.4. The van der Waals surface area contributed by atoms with Crippen molar-refractivity contribution in [1.29, 1.82) is 0 Å². The fourth-order valence-electron chi connectivity index (χ4n) is 1.74. The molecule has 0 saturated carbocycles. The predicted octanol–water partition coefficient (Wildman–Crippen LogP) is 3.35. The van der Waals surface area contributed by atoms with E-state index in [-0.39, 0.29) is 5.69 Å². The highest BCUT2D eigenvalue weighted by molar-refractivity contribution is 6.08. The Labute approximate surface area is 132 Å². The molecule has 2 N–H and O–H groups in total. The Bertz CT molecular complexity index is 811. The molecule has 2 aromatic rings. The van der Waals surface area contributed by atoms with Crippen LogP contribution in [0.1, 0.15) is 6.42 Å². The molecule has 0 saturated heterocycles. The van der Waals surface area contributed by atoms with Crippen molar-refractivity contribution < 1.29 is 31.5 Å². The largest absolute Gasteiger partial charge is 0.326 e. The molecule has 0 radical (unpaired) electrons. The minimum absolute atomic E-state index is 0.0919. The highest BCUT2D eigenvalue weighted by Gasteiger charge is 2.17. The molecule has 126 valence electrons. The molecule has 0 aliphatic rings. The number of hydrogen-bond acceptors (Lipinski definition) is 2. The summed E-state index contributed by atoms with van der Waals surface area (Å²) in [5, 5.41) is 4.03. The van der Waals surface area contributed by atoms with Crippen LogP contribution in [-0.4, -0.2) is 11.8 Å². The molecule has 0 aliphatic carbocycles. The monoisotopic (exact) mass is 344 g/mol. The minimum atomic E-state index is -1.76. The molecule has 2 amide bonds. The van der Waals surface area contributed by atoms with Crippen molar-refractivity contribution in [1.82, 2.24) is 0 Å². The molecule has 2 rings (SSSR count). The highest BCUT2D eigenvalue weighted by Crippen LogP contribution is 2.20. The third-order valence-corrected chi connectivity index (χ3v) is 2.83. The van der Waals surface area contributed by atoms with Gasteiger partial charge in [-0.2, -0.15) is 0 Å². The van der Waals surface area contributed by atoms with Gasteiger partial charge in [0, 0.05) is 11.8 Å². The van der Waals surface area contributed by atoms with Gasteiger partial charge in [-0.15, -0.1) is 0 Å². The highest BCUT2D eigenvalue weighted by atomic mass is 19.2. The van der Waals surface area contributed by atoms with E-state index in [0.29, 0.717) is 12.1 Å². The van der Waals surface area contributed by atoms with Gasteiger partial charge in [-0.25, -0.2) is 22.0 Å². The zero-order valence-corrected chi connectivity index (χ0v) is 11.8.